The fraction of sp³-hybridized carbons (Fsp3) is 0.391. The molecule has 29 heavy (non-hydrogen) atoms. The van der Waals surface area contributed by atoms with E-state index < -0.39 is 17.7 Å². The van der Waals surface area contributed by atoms with Gasteiger partial charge in [-0.3, -0.25) is 9.59 Å². The van der Waals surface area contributed by atoms with E-state index in [1.807, 2.05) is 19.9 Å². The molecule has 0 N–H and O–H groups in total. The molecule has 0 saturated carbocycles. The van der Waals surface area contributed by atoms with Crippen molar-refractivity contribution < 1.29 is 28.5 Å². The lowest BCUT2D eigenvalue weighted by Gasteiger charge is -2.19. The van der Waals surface area contributed by atoms with Crippen LogP contribution in [-0.2, 0) is 9.53 Å². The van der Waals surface area contributed by atoms with Crippen molar-refractivity contribution >= 4 is 11.8 Å². The molecule has 0 amide bonds. The summed E-state index contributed by atoms with van der Waals surface area (Å²) in [4.78, 5) is 26.5. The highest BCUT2D eigenvalue weighted by Crippen LogP contribution is 2.37. The molecule has 0 aliphatic rings. The third-order valence-corrected chi connectivity index (χ3v) is 4.53. The molecule has 0 aliphatic carbocycles. The molecule has 1 unspecified atom stereocenters. The minimum Gasteiger partial charge on any atom is -0.496 e. The average Bonchev–Trinajstić information content (AvgIpc) is 2.73. The minimum atomic E-state index is -1.13. The molecule has 0 bridgehead atoms. The smallest absolute Gasteiger partial charge is 0.321 e. The zero-order chi connectivity index (χ0) is 21.4. The first kappa shape index (κ1) is 22.3. The molecule has 6 nitrogen and oxygen atoms in total. The van der Waals surface area contributed by atoms with Crippen molar-refractivity contribution in [1.82, 2.24) is 0 Å². The van der Waals surface area contributed by atoms with Gasteiger partial charge in [-0.25, -0.2) is 0 Å². The van der Waals surface area contributed by atoms with E-state index >= 15 is 0 Å². The molecule has 0 spiro atoms. The molecule has 156 valence electrons. The first-order valence-electron chi connectivity index (χ1n) is 9.48. The lowest BCUT2D eigenvalue weighted by atomic mass is 9.89. The second-order valence-electron chi connectivity index (χ2n) is 6.96. The molecular formula is C23H28O6. The largest absolute Gasteiger partial charge is 0.496 e. The van der Waals surface area contributed by atoms with E-state index in [0.717, 1.165) is 6.42 Å². The van der Waals surface area contributed by atoms with Crippen molar-refractivity contribution in [1.29, 1.82) is 0 Å². The fourth-order valence-electron chi connectivity index (χ4n) is 2.91. The number of Topliss-reactive ketones (excluding diaryl/α,β-unsaturated/α-hetero) is 1. The van der Waals surface area contributed by atoms with Gasteiger partial charge in [-0.2, -0.15) is 0 Å². The van der Waals surface area contributed by atoms with E-state index in [4.69, 9.17) is 18.9 Å². The topological polar surface area (TPSA) is 71.1 Å². The van der Waals surface area contributed by atoms with Crippen LogP contribution in [-0.4, -0.2) is 39.7 Å². The van der Waals surface area contributed by atoms with E-state index in [0.29, 0.717) is 17.2 Å². The lowest BCUT2D eigenvalue weighted by molar-refractivity contribution is -0.144. The van der Waals surface area contributed by atoms with Crippen molar-refractivity contribution in [2.45, 2.75) is 26.2 Å². The molecular weight excluding hydrogens is 372 g/mol. The Morgan fingerprint density at radius 1 is 0.897 bits per heavy atom. The van der Waals surface area contributed by atoms with Crippen LogP contribution in [0.4, 0.5) is 0 Å². The number of rotatable bonds is 10. The molecule has 6 heteroatoms. The summed E-state index contributed by atoms with van der Waals surface area (Å²) in [6.07, 6.45) is 0.719. The minimum absolute atomic E-state index is 0.172. The summed E-state index contributed by atoms with van der Waals surface area (Å²) in [5.41, 5.74) is 0.720. The molecule has 2 aromatic rings. The number of hydrogen-bond acceptors (Lipinski definition) is 6. The maximum Gasteiger partial charge on any atom is 0.321 e. The lowest BCUT2D eigenvalue weighted by Crippen LogP contribution is -2.26. The van der Waals surface area contributed by atoms with E-state index in [2.05, 4.69) is 0 Å². The summed E-state index contributed by atoms with van der Waals surface area (Å²) in [5, 5.41) is 0. The van der Waals surface area contributed by atoms with Crippen LogP contribution in [0.3, 0.4) is 0 Å². The highest BCUT2D eigenvalue weighted by Gasteiger charge is 2.35. The second kappa shape index (κ2) is 10.5. The van der Waals surface area contributed by atoms with Gasteiger partial charge in [0.05, 0.1) is 27.9 Å². The molecule has 0 saturated heterocycles. The standard InChI is InChI=1S/C23H28O6/c1-15(2)11-12-29-23(25)20(16-9-7-6-8-10-16)22(24)21-18(27-4)13-17(26-3)14-19(21)28-5/h6-10,13-15,20H,11-12H2,1-5H3. The van der Waals surface area contributed by atoms with Crippen LogP contribution in [0.1, 0.15) is 42.1 Å². The first-order chi connectivity index (χ1) is 13.9. The van der Waals surface area contributed by atoms with Gasteiger partial charge in [-0.1, -0.05) is 44.2 Å². The van der Waals surface area contributed by atoms with Crippen LogP contribution in [0.25, 0.3) is 0 Å². The quantitative estimate of drug-likeness (QED) is 0.337. The number of esters is 1. The normalized spacial score (nSPS) is 11.7. The van der Waals surface area contributed by atoms with Gasteiger partial charge >= 0.3 is 5.97 Å². The SMILES string of the molecule is COc1cc(OC)c(C(=O)C(C(=O)OCCC(C)C)c2ccccc2)c(OC)c1. The van der Waals surface area contributed by atoms with Crippen molar-refractivity contribution in [2.24, 2.45) is 5.92 Å². The molecule has 0 fully saturated rings. The Morgan fingerprint density at radius 2 is 1.48 bits per heavy atom. The Hall–Kier alpha value is -3.02. The van der Waals surface area contributed by atoms with E-state index in [9.17, 15) is 9.59 Å². The van der Waals surface area contributed by atoms with Gasteiger partial charge in [0.2, 0.25) is 0 Å². The fourth-order valence-corrected chi connectivity index (χ4v) is 2.91. The van der Waals surface area contributed by atoms with Crippen molar-refractivity contribution in [3.05, 3.63) is 53.6 Å². The third-order valence-electron chi connectivity index (χ3n) is 4.53. The number of carbonyl (C=O) groups excluding carboxylic acids is 2. The molecule has 0 aromatic heterocycles. The highest BCUT2D eigenvalue weighted by atomic mass is 16.5. The zero-order valence-corrected chi connectivity index (χ0v) is 17.6. The summed E-state index contributed by atoms with van der Waals surface area (Å²) in [7, 11) is 4.40. The third kappa shape index (κ3) is 5.50. The number of hydrogen-bond donors (Lipinski definition) is 0. The van der Waals surface area contributed by atoms with Crippen LogP contribution in [0, 0.1) is 5.92 Å². The zero-order valence-electron chi connectivity index (χ0n) is 17.6. The Morgan fingerprint density at radius 3 is 1.97 bits per heavy atom. The summed E-state index contributed by atoms with van der Waals surface area (Å²) in [5.74, 6) is -0.783. The number of ketones is 1. The van der Waals surface area contributed by atoms with Crippen molar-refractivity contribution in [3.8, 4) is 17.2 Å². The molecule has 2 rings (SSSR count). The Balaban J connectivity index is 2.49. The second-order valence-corrected chi connectivity index (χ2v) is 6.96. The Labute approximate surface area is 171 Å². The number of carbonyl (C=O) groups is 2. The molecule has 0 radical (unpaired) electrons. The monoisotopic (exact) mass is 400 g/mol. The van der Waals surface area contributed by atoms with Gasteiger partial charge in [0.1, 0.15) is 28.7 Å². The van der Waals surface area contributed by atoms with Gasteiger partial charge in [0.15, 0.2) is 5.78 Å². The molecule has 2 aromatic carbocycles. The van der Waals surface area contributed by atoms with Crippen LogP contribution >= 0.6 is 0 Å². The molecule has 1 atom stereocenters. The Bertz CT molecular complexity index is 804. The van der Waals surface area contributed by atoms with Crippen LogP contribution in [0.5, 0.6) is 17.2 Å². The van der Waals surface area contributed by atoms with Gasteiger partial charge in [-0.05, 0) is 17.9 Å². The summed E-state index contributed by atoms with van der Waals surface area (Å²) in [6.45, 7) is 4.34. The van der Waals surface area contributed by atoms with E-state index in [-0.39, 0.29) is 23.7 Å². The van der Waals surface area contributed by atoms with Crippen molar-refractivity contribution in [2.75, 3.05) is 27.9 Å². The molecule has 0 heterocycles. The van der Waals surface area contributed by atoms with E-state index in [1.54, 1.807) is 36.4 Å². The van der Waals surface area contributed by atoms with Gasteiger partial charge < -0.3 is 18.9 Å². The van der Waals surface area contributed by atoms with Gasteiger partial charge in [0.25, 0.3) is 0 Å². The van der Waals surface area contributed by atoms with E-state index in [1.165, 1.54) is 21.3 Å². The van der Waals surface area contributed by atoms with Crippen LogP contribution in [0.2, 0.25) is 0 Å². The number of methoxy groups -OCH3 is 3. The maximum atomic E-state index is 13.5. The first-order valence-corrected chi connectivity index (χ1v) is 9.48. The Kier molecular flexibility index (Phi) is 8.07. The van der Waals surface area contributed by atoms with Crippen LogP contribution < -0.4 is 14.2 Å². The predicted molar refractivity (Wildman–Crippen MR) is 110 cm³/mol. The predicted octanol–water partition coefficient (Wildman–Crippen LogP) is 4.27. The average molecular weight is 400 g/mol. The molecule has 0 aliphatic heterocycles. The van der Waals surface area contributed by atoms with Gasteiger partial charge in [0, 0.05) is 12.1 Å². The van der Waals surface area contributed by atoms with Crippen LogP contribution in [0.15, 0.2) is 42.5 Å². The summed E-state index contributed by atoms with van der Waals surface area (Å²) in [6, 6.07) is 12.0. The summed E-state index contributed by atoms with van der Waals surface area (Å²) >= 11 is 0. The highest BCUT2D eigenvalue weighted by molar-refractivity contribution is 6.15. The maximum absolute atomic E-state index is 13.5. The van der Waals surface area contributed by atoms with Crippen molar-refractivity contribution in [3.63, 3.8) is 0 Å². The number of ether oxygens (including phenoxy) is 4. The summed E-state index contributed by atoms with van der Waals surface area (Å²) < 4.78 is 21.5. The number of benzene rings is 2. The van der Waals surface area contributed by atoms with Gasteiger partial charge in [-0.15, -0.1) is 0 Å².